The van der Waals surface area contributed by atoms with E-state index in [1.54, 1.807) is 34.0 Å². The van der Waals surface area contributed by atoms with Gasteiger partial charge in [-0.1, -0.05) is 60.7 Å². The highest BCUT2D eigenvalue weighted by atomic mass is 16.6. The molecule has 1 aliphatic heterocycles. The average molecular weight is 454 g/mol. The highest BCUT2D eigenvalue weighted by Crippen LogP contribution is 2.29. The van der Waals surface area contributed by atoms with Crippen LogP contribution in [0.2, 0.25) is 0 Å². The Balaban J connectivity index is 1.41. The molecule has 0 N–H and O–H groups in total. The summed E-state index contributed by atoms with van der Waals surface area (Å²) in [6.45, 7) is 1.97. The van der Waals surface area contributed by atoms with Gasteiger partial charge in [-0.25, -0.2) is 4.68 Å². The maximum absolute atomic E-state index is 13.6. The lowest BCUT2D eigenvalue weighted by molar-refractivity contribution is -0.384. The summed E-state index contributed by atoms with van der Waals surface area (Å²) in [7, 11) is 0. The van der Waals surface area contributed by atoms with Gasteiger partial charge in [0, 0.05) is 44.0 Å². The van der Waals surface area contributed by atoms with Crippen molar-refractivity contribution in [1.82, 2.24) is 14.7 Å². The molecule has 170 valence electrons. The van der Waals surface area contributed by atoms with Gasteiger partial charge in [-0.2, -0.15) is 5.10 Å². The van der Waals surface area contributed by atoms with Crippen LogP contribution in [0.5, 0.6) is 0 Å². The highest BCUT2D eigenvalue weighted by molar-refractivity contribution is 6.00. The lowest BCUT2D eigenvalue weighted by Gasteiger charge is -2.35. The summed E-state index contributed by atoms with van der Waals surface area (Å²) in [4.78, 5) is 28.4. The lowest BCUT2D eigenvalue weighted by atomic mass is 10.1. The van der Waals surface area contributed by atoms with Crippen LogP contribution in [-0.2, 0) is 0 Å². The molecule has 1 saturated heterocycles. The highest BCUT2D eigenvalue weighted by Gasteiger charge is 2.28. The van der Waals surface area contributed by atoms with E-state index >= 15 is 0 Å². The summed E-state index contributed by atoms with van der Waals surface area (Å²) in [5, 5.41) is 16.2. The molecule has 0 bridgehead atoms. The topological polar surface area (TPSA) is 84.5 Å². The fourth-order valence-corrected chi connectivity index (χ4v) is 4.26. The molecule has 0 radical (unpaired) electrons. The third kappa shape index (κ3) is 4.13. The van der Waals surface area contributed by atoms with Crippen LogP contribution in [0.3, 0.4) is 0 Å². The Kier molecular flexibility index (Phi) is 5.78. The number of nitrogens with zero attached hydrogens (tertiary/aromatic N) is 5. The van der Waals surface area contributed by atoms with Gasteiger partial charge in [0.1, 0.15) is 11.4 Å². The molecule has 8 heteroatoms. The monoisotopic (exact) mass is 453 g/mol. The third-order valence-corrected chi connectivity index (χ3v) is 6.00. The van der Waals surface area contributed by atoms with Crippen LogP contribution >= 0.6 is 0 Å². The van der Waals surface area contributed by atoms with Gasteiger partial charge in [0.25, 0.3) is 11.6 Å². The first-order chi connectivity index (χ1) is 16.6. The Labute approximate surface area is 196 Å². The van der Waals surface area contributed by atoms with E-state index in [0.717, 1.165) is 11.3 Å². The van der Waals surface area contributed by atoms with E-state index in [0.29, 0.717) is 43.1 Å². The van der Waals surface area contributed by atoms with Gasteiger partial charge in [0.05, 0.1) is 16.2 Å². The molecular formula is C26H23N5O3. The predicted octanol–water partition coefficient (Wildman–Crippen LogP) is 4.41. The third-order valence-electron chi connectivity index (χ3n) is 6.00. The number of piperazine rings is 1. The number of amides is 1. The number of nitro groups is 1. The quantitative estimate of drug-likeness (QED) is 0.330. The Bertz CT molecular complexity index is 1310. The van der Waals surface area contributed by atoms with Gasteiger partial charge >= 0.3 is 0 Å². The lowest BCUT2D eigenvalue weighted by Crippen LogP contribution is -2.49. The minimum Gasteiger partial charge on any atom is -0.362 e. The minimum absolute atomic E-state index is 0.0813. The van der Waals surface area contributed by atoms with Gasteiger partial charge in [0.15, 0.2) is 0 Å². The van der Waals surface area contributed by atoms with Crippen LogP contribution < -0.4 is 4.90 Å². The van der Waals surface area contributed by atoms with Gasteiger partial charge < -0.3 is 9.80 Å². The van der Waals surface area contributed by atoms with Crippen molar-refractivity contribution in [2.24, 2.45) is 0 Å². The van der Waals surface area contributed by atoms with Gasteiger partial charge in [0.2, 0.25) is 0 Å². The number of aromatic nitrogens is 2. The Morgan fingerprint density at radius 3 is 2.12 bits per heavy atom. The number of rotatable bonds is 5. The number of nitro benzene ring substituents is 1. The second kappa shape index (κ2) is 9.19. The largest absolute Gasteiger partial charge is 0.362 e. The molecule has 1 aliphatic rings. The molecule has 0 atom stereocenters. The van der Waals surface area contributed by atoms with E-state index in [2.05, 4.69) is 0 Å². The standard InChI is InChI=1S/C26H23N5O3/c32-26(29-17-15-28(16-18-29)23-13-7-8-14-24(23)31(33)34)22-19-30(21-11-5-2-6-12-21)27-25(22)20-9-3-1-4-10-20/h1-14,19H,15-18H2. The van der Waals surface area contributed by atoms with Crippen LogP contribution in [0.15, 0.2) is 91.1 Å². The molecule has 0 aliphatic carbocycles. The van der Waals surface area contributed by atoms with Gasteiger partial charge in [-0.05, 0) is 18.2 Å². The van der Waals surface area contributed by atoms with E-state index in [-0.39, 0.29) is 16.5 Å². The number of carbonyl (C=O) groups is 1. The van der Waals surface area contributed by atoms with Crippen molar-refractivity contribution in [3.63, 3.8) is 0 Å². The van der Waals surface area contributed by atoms with Gasteiger partial charge in [-0.3, -0.25) is 14.9 Å². The van der Waals surface area contributed by atoms with Crippen molar-refractivity contribution in [3.05, 3.63) is 107 Å². The Morgan fingerprint density at radius 1 is 0.824 bits per heavy atom. The number of benzene rings is 3. The molecular weight excluding hydrogens is 430 g/mol. The van der Waals surface area contributed by atoms with Crippen LogP contribution in [-0.4, -0.2) is 51.7 Å². The molecule has 1 amide bonds. The summed E-state index contributed by atoms with van der Waals surface area (Å²) < 4.78 is 1.74. The summed E-state index contributed by atoms with van der Waals surface area (Å²) in [5.74, 6) is -0.0942. The number of carbonyl (C=O) groups excluding carboxylic acids is 1. The summed E-state index contributed by atoms with van der Waals surface area (Å²) in [5.41, 5.74) is 3.59. The maximum Gasteiger partial charge on any atom is 0.292 e. The van der Waals surface area contributed by atoms with Crippen molar-refractivity contribution in [1.29, 1.82) is 0 Å². The molecule has 8 nitrogen and oxygen atoms in total. The molecule has 1 fully saturated rings. The number of hydrogen-bond acceptors (Lipinski definition) is 5. The second-order valence-corrected chi connectivity index (χ2v) is 8.06. The van der Waals surface area contributed by atoms with E-state index in [1.165, 1.54) is 6.07 Å². The second-order valence-electron chi connectivity index (χ2n) is 8.06. The molecule has 34 heavy (non-hydrogen) atoms. The van der Waals surface area contributed by atoms with E-state index in [9.17, 15) is 14.9 Å². The summed E-state index contributed by atoms with van der Waals surface area (Å²) in [6, 6.07) is 26.1. The van der Waals surface area contributed by atoms with Crippen molar-refractivity contribution in [3.8, 4) is 16.9 Å². The maximum atomic E-state index is 13.6. The summed E-state index contributed by atoms with van der Waals surface area (Å²) >= 11 is 0. The van der Waals surface area contributed by atoms with E-state index < -0.39 is 0 Å². The SMILES string of the molecule is O=C(c1cn(-c2ccccc2)nc1-c1ccccc1)N1CCN(c2ccccc2[N+](=O)[O-])CC1. The first-order valence-corrected chi connectivity index (χ1v) is 11.1. The van der Waals surface area contributed by atoms with Crippen LogP contribution in [0.4, 0.5) is 11.4 Å². The molecule has 3 aromatic carbocycles. The van der Waals surface area contributed by atoms with Crippen molar-refractivity contribution in [2.45, 2.75) is 0 Å². The smallest absolute Gasteiger partial charge is 0.292 e. The Morgan fingerprint density at radius 2 is 1.44 bits per heavy atom. The zero-order valence-electron chi connectivity index (χ0n) is 18.4. The van der Waals surface area contributed by atoms with Crippen molar-refractivity contribution >= 4 is 17.3 Å². The fourth-order valence-electron chi connectivity index (χ4n) is 4.26. The van der Waals surface area contributed by atoms with E-state index in [4.69, 9.17) is 5.10 Å². The average Bonchev–Trinajstić information content (AvgIpc) is 3.35. The number of anilines is 1. The first kappa shape index (κ1) is 21.4. The normalized spacial score (nSPS) is 13.6. The van der Waals surface area contributed by atoms with Crippen LogP contribution in [0.1, 0.15) is 10.4 Å². The first-order valence-electron chi connectivity index (χ1n) is 11.1. The fraction of sp³-hybridized carbons (Fsp3) is 0.154. The number of para-hydroxylation sites is 3. The molecule has 2 heterocycles. The summed E-state index contributed by atoms with van der Waals surface area (Å²) in [6.07, 6.45) is 1.79. The molecule has 1 aromatic heterocycles. The van der Waals surface area contributed by atoms with E-state index in [1.807, 2.05) is 65.6 Å². The Hall–Kier alpha value is -4.46. The molecule has 0 saturated carbocycles. The molecule has 4 aromatic rings. The van der Waals surface area contributed by atoms with Gasteiger partial charge in [-0.15, -0.1) is 0 Å². The predicted molar refractivity (Wildman–Crippen MR) is 130 cm³/mol. The number of hydrogen-bond donors (Lipinski definition) is 0. The van der Waals surface area contributed by atoms with Crippen LogP contribution in [0.25, 0.3) is 16.9 Å². The van der Waals surface area contributed by atoms with Crippen molar-refractivity contribution < 1.29 is 9.72 Å². The molecule has 0 spiro atoms. The molecule has 5 rings (SSSR count). The van der Waals surface area contributed by atoms with Crippen LogP contribution in [0, 0.1) is 10.1 Å². The molecule has 0 unspecified atom stereocenters. The minimum atomic E-state index is -0.364. The zero-order chi connectivity index (χ0) is 23.5. The van der Waals surface area contributed by atoms with Crippen molar-refractivity contribution in [2.75, 3.05) is 31.1 Å². The zero-order valence-corrected chi connectivity index (χ0v) is 18.4.